The van der Waals surface area contributed by atoms with Crippen molar-refractivity contribution in [3.05, 3.63) is 109 Å². The van der Waals surface area contributed by atoms with Crippen molar-refractivity contribution in [1.82, 2.24) is 19.9 Å². The largest absolute Gasteiger partial charge is 0.354 e. The van der Waals surface area contributed by atoms with Gasteiger partial charge in [-0.1, -0.05) is 66.7 Å². The van der Waals surface area contributed by atoms with Gasteiger partial charge in [-0.3, -0.25) is 0 Å². The standard InChI is InChI=1S/C36H22N4/c1-3-7-27-21(5-1)22-12-13-23-26-17-19(10-14-29(26)40-36(23)35(22)39-27)20-9-11-25-32(18-20)38-31-16-15-30-33(34(25)31)24-6-2-4-8-28(24)37-30/h1-18,37-40H. The third kappa shape index (κ3) is 2.55. The van der Waals surface area contributed by atoms with E-state index >= 15 is 0 Å². The molecule has 0 aliphatic heterocycles. The molecule has 4 N–H and O–H groups in total. The molecule has 0 saturated heterocycles. The average molecular weight is 511 g/mol. The van der Waals surface area contributed by atoms with Gasteiger partial charge in [-0.15, -0.1) is 0 Å². The molecule has 0 atom stereocenters. The molecule has 0 spiro atoms. The Bertz CT molecular complexity index is 2660. The third-order valence-corrected chi connectivity index (χ3v) is 8.81. The maximum Gasteiger partial charge on any atom is 0.0710 e. The van der Waals surface area contributed by atoms with Crippen LogP contribution < -0.4 is 0 Å². The predicted molar refractivity (Wildman–Crippen MR) is 169 cm³/mol. The highest BCUT2D eigenvalue weighted by Gasteiger charge is 2.15. The lowest BCUT2D eigenvalue weighted by Gasteiger charge is -2.03. The Kier molecular flexibility index (Phi) is 3.65. The summed E-state index contributed by atoms with van der Waals surface area (Å²) in [5, 5.41) is 10.1. The van der Waals surface area contributed by atoms with E-state index in [0.717, 1.165) is 16.6 Å². The first-order chi connectivity index (χ1) is 19.8. The zero-order valence-corrected chi connectivity index (χ0v) is 21.4. The zero-order chi connectivity index (χ0) is 25.9. The molecule has 0 amide bonds. The lowest BCUT2D eigenvalue weighted by molar-refractivity contribution is 1.51. The second kappa shape index (κ2) is 7.13. The minimum absolute atomic E-state index is 1.15. The van der Waals surface area contributed by atoms with Crippen molar-refractivity contribution in [3.8, 4) is 11.1 Å². The van der Waals surface area contributed by atoms with Gasteiger partial charge in [0.2, 0.25) is 0 Å². The molecule has 0 radical (unpaired) electrons. The minimum atomic E-state index is 1.15. The molecule has 10 rings (SSSR count). The van der Waals surface area contributed by atoms with Crippen LogP contribution in [0, 0.1) is 0 Å². The van der Waals surface area contributed by atoms with Gasteiger partial charge in [-0.25, -0.2) is 0 Å². The van der Waals surface area contributed by atoms with E-state index in [2.05, 4.69) is 129 Å². The van der Waals surface area contributed by atoms with Crippen LogP contribution in [0.5, 0.6) is 0 Å². The number of H-pyrrole nitrogens is 4. The SMILES string of the molecule is c1ccc2c(c1)[nH]c1c2ccc2c3cc(-c4ccc5c(c4)[nH]c4ccc6[nH]c7ccccc7c6c45)ccc3[nH]c21. The van der Waals surface area contributed by atoms with Gasteiger partial charge >= 0.3 is 0 Å². The van der Waals surface area contributed by atoms with E-state index in [1.165, 1.54) is 81.8 Å². The summed E-state index contributed by atoms with van der Waals surface area (Å²) in [6.07, 6.45) is 0. The first-order valence-corrected chi connectivity index (χ1v) is 13.7. The van der Waals surface area contributed by atoms with Crippen molar-refractivity contribution in [2.75, 3.05) is 0 Å². The second-order valence-corrected chi connectivity index (χ2v) is 10.9. The van der Waals surface area contributed by atoms with Crippen LogP contribution in [0.15, 0.2) is 109 Å². The fourth-order valence-electron chi connectivity index (χ4n) is 6.98. The summed E-state index contributed by atoms with van der Waals surface area (Å²) < 4.78 is 0. The lowest BCUT2D eigenvalue weighted by Crippen LogP contribution is -1.79. The van der Waals surface area contributed by atoms with Crippen LogP contribution in [0.25, 0.3) is 98.4 Å². The van der Waals surface area contributed by atoms with E-state index in [4.69, 9.17) is 0 Å². The van der Waals surface area contributed by atoms with E-state index in [-0.39, 0.29) is 0 Å². The van der Waals surface area contributed by atoms with Crippen LogP contribution in [-0.4, -0.2) is 19.9 Å². The summed E-state index contributed by atoms with van der Waals surface area (Å²) in [6, 6.07) is 39.5. The fraction of sp³-hybridized carbons (Fsp3) is 0. The summed E-state index contributed by atoms with van der Waals surface area (Å²) in [7, 11) is 0. The molecule has 6 aromatic carbocycles. The van der Waals surface area contributed by atoms with E-state index < -0.39 is 0 Å². The van der Waals surface area contributed by atoms with Crippen molar-refractivity contribution in [2.45, 2.75) is 0 Å². The molecule has 10 aromatic rings. The molecule has 0 aliphatic rings. The number of para-hydroxylation sites is 2. The molecule has 4 heteroatoms. The lowest BCUT2D eigenvalue weighted by atomic mass is 10.00. The normalized spacial score (nSPS) is 12.5. The van der Waals surface area contributed by atoms with Gasteiger partial charge in [0, 0.05) is 76.2 Å². The van der Waals surface area contributed by atoms with Gasteiger partial charge in [0.05, 0.1) is 11.0 Å². The molecule has 0 saturated carbocycles. The van der Waals surface area contributed by atoms with Crippen molar-refractivity contribution >= 4 is 87.2 Å². The van der Waals surface area contributed by atoms with E-state index in [0.29, 0.717) is 0 Å². The number of aromatic nitrogens is 4. The number of fused-ring (bicyclic) bond motifs is 14. The van der Waals surface area contributed by atoms with Crippen LogP contribution in [-0.2, 0) is 0 Å². The Morgan fingerprint density at radius 2 is 0.800 bits per heavy atom. The van der Waals surface area contributed by atoms with Crippen LogP contribution in [0.1, 0.15) is 0 Å². The summed E-state index contributed by atoms with van der Waals surface area (Å²) in [6.45, 7) is 0. The molecular weight excluding hydrogens is 488 g/mol. The van der Waals surface area contributed by atoms with Crippen LogP contribution in [0.3, 0.4) is 0 Å². The van der Waals surface area contributed by atoms with Crippen molar-refractivity contribution in [2.24, 2.45) is 0 Å². The molecule has 0 unspecified atom stereocenters. The maximum absolute atomic E-state index is 3.71. The van der Waals surface area contributed by atoms with E-state index in [1.54, 1.807) is 0 Å². The number of nitrogens with one attached hydrogen (secondary N) is 4. The number of rotatable bonds is 1. The van der Waals surface area contributed by atoms with Gasteiger partial charge in [0.15, 0.2) is 0 Å². The number of aromatic amines is 4. The summed E-state index contributed by atoms with van der Waals surface area (Å²) in [5.74, 6) is 0. The Morgan fingerprint density at radius 1 is 0.300 bits per heavy atom. The Morgan fingerprint density at radius 3 is 1.57 bits per heavy atom. The molecule has 4 heterocycles. The number of hydrogen-bond acceptors (Lipinski definition) is 0. The molecule has 0 bridgehead atoms. The van der Waals surface area contributed by atoms with E-state index in [1.807, 2.05) is 0 Å². The van der Waals surface area contributed by atoms with Crippen molar-refractivity contribution in [3.63, 3.8) is 0 Å². The fourth-order valence-corrected chi connectivity index (χ4v) is 6.98. The third-order valence-electron chi connectivity index (χ3n) is 8.81. The smallest absolute Gasteiger partial charge is 0.0710 e. The second-order valence-electron chi connectivity index (χ2n) is 10.9. The van der Waals surface area contributed by atoms with Gasteiger partial charge in [0.25, 0.3) is 0 Å². The summed E-state index contributed by atoms with van der Waals surface area (Å²) in [5.41, 5.74) is 11.7. The molecule has 4 nitrogen and oxygen atoms in total. The number of benzene rings is 6. The first-order valence-electron chi connectivity index (χ1n) is 13.7. The molecule has 186 valence electrons. The molecule has 0 fully saturated rings. The van der Waals surface area contributed by atoms with E-state index in [9.17, 15) is 0 Å². The summed E-state index contributed by atoms with van der Waals surface area (Å²) in [4.78, 5) is 14.6. The Labute approximate surface area is 227 Å². The first kappa shape index (κ1) is 20.5. The van der Waals surface area contributed by atoms with Crippen LogP contribution in [0.2, 0.25) is 0 Å². The highest BCUT2D eigenvalue weighted by atomic mass is 14.8. The molecule has 0 aliphatic carbocycles. The Hall–Kier alpha value is -5.48. The number of hydrogen-bond donors (Lipinski definition) is 4. The average Bonchev–Trinajstić information content (AvgIpc) is 3.75. The molecular formula is C36H22N4. The van der Waals surface area contributed by atoms with Gasteiger partial charge < -0.3 is 19.9 Å². The minimum Gasteiger partial charge on any atom is -0.354 e. The predicted octanol–water partition coefficient (Wildman–Crippen LogP) is 9.89. The van der Waals surface area contributed by atoms with Gasteiger partial charge in [-0.2, -0.15) is 0 Å². The Balaban J connectivity index is 1.18. The van der Waals surface area contributed by atoms with Crippen molar-refractivity contribution in [1.29, 1.82) is 0 Å². The zero-order valence-electron chi connectivity index (χ0n) is 21.4. The van der Waals surface area contributed by atoms with Crippen molar-refractivity contribution < 1.29 is 0 Å². The van der Waals surface area contributed by atoms with Gasteiger partial charge in [-0.05, 0) is 53.6 Å². The maximum atomic E-state index is 3.71. The van der Waals surface area contributed by atoms with Crippen LogP contribution in [0.4, 0.5) is 0 Å². The highest BCUT2D eigenvalue weighted by molar-refractivity contribution is 6.28. The van der Waals surface area contributed by atoms with Gasteiger partial charge in [0.1, 0.15) is 0 Å². The topological polar surface area (TPSA) is 63.2 Å². The highest BCUT2D eigenvalue weighted by Crippen LogP contribution is 2.39. The summed E-state index contributed by atoms with van der Waals surface area (Å²) >= 11 is 0. The van der Waals surface area contributed by atoms with Crippen LogP contribution >= 0.6 is 0 Å². The quantitative estimate of drug-likeness (QED) is 0.170. The monoisotopic (exact) mass is 510 g/mol. The molecule has 4 aromatic heterocycles. The molecule has 40 heavy (non-hydrogen) atoms.